The number of anilines is 1. The Hall–Kier alpha value is -1.28. The second-order valence-electron chi connectivity index (χ2n) is 3.03. The van der Waals surface area contributed by atoms with Crippen LogP contribution in [0.4, 0.5) is 5.69 Å². The number of hydrogen-bond donors (Lipinski definition) is 1. The third kappa shape index (κ3) is 1.33. The van der Waals surface area contributed by atoms with Crippen LogP contribution in [-0.2, 0) is 0 Å². The second-order valence-corrected chi connectivity index (χ2v) is 3.44. The SMILES string of the molecule is Cc1ccc(Cl)c2cc(N)cnc12. The van der Waals surface area contributed by atoms with Gasteiger partial charge in [-0.05, 0) is 24.6 Å². The first-order valence-electron chi connectivity index (χ1n) is 3.99. The molecule has 2 rings (SSSR count). The van der Waals surface area contributed by atoms with Crippen LogP contribution in [0.25, 0.3) is 10.9 Å². The van der Waals surface area contributed by atoms with Crippen molar-refractivity contribution in [2.45, 2.75) is 6.92 Å². The molecule has 0 fully saturated rings. The summed E-state index contributed by atoms with van der Waals surface area (Å²) in [7, 11) is 0. The third-order valence-corrected chi connectivity index (χ3v) is 2.35. The van der Waals surface area contributed by atoms with Gasteiger partial charge in [0.2, 0.25) is 0 Å². The van der Waals surface area contributed by atoms with Crippen molar-refractivity contribution >= 4 is 28.2 Å². The second kappa shape index (κ2) is 2.89. The third-order valence-electron chi connectivity index (χ3n) is 2.02. The normalized spacial score (nSPS) is 10.6. The van der Waals surface area contributed by atoms with E-state index in [4.69, 9.17) is 17.3 Å². The number of aryl methyl sites for hydroxylation is 1. The lowest BCUT2D eigenvalue weighted by Gasteiger charge is -2.03. The smallest absolute Gasteiger partial charge is 0.0747 e. The molecule has 0 aliphatic heterocycles. The molecule has 13 heavy (non-hydrogen) atoms. The molecule has 66 valence electrons. The molecule has 0 spiro atoms. The molecule has 2 N–H and O–H groups in total. The van der Waals surface area contributed by atoms with Gasteiger partial charge in [0.15, 0.2) is 0 Å². The highest BCUT2D eigenvalue weighted by Gasteiger charge is 2.02. The summed E-state index contributed by atoms with van der Waals surface area (Å²) in [4.78, 5) is 4.23. The van der Waals surface area contributed by atoms with Crippen LogP contribution in [0.15, 0.2) is 24.4 Å². The highest BCUT2D eigenvalue weighted by atomic mass is 35.5. The quantitative estimate of drug-likeness (QED) is 0.697. The van der Waals surface area contributed by atoms with E-state index in [0.717, 1.165) is 16.5 Å². The average molecular weight is 193 g/mol. The standard InChI is InChI=1S/C10H9ClN2/c1-6-2-3-9(11)8-4-7(12)5-13-10(6)8/h2-5H,12H2,1H3. The summed E-state index contributed by atoms with van der Waals surface area (Å²) in [6, 6.07) is 5.66. The molecule has 0 saturated heterocycles. The van der Waals surface area contributed by atoms with Gasteiger partial charge >= 0.3 is 0 Å². The van der Waals surface area contributed by atoms with E-state index in [1.165, 1.54) is 0 Å². The minimum atomic E-state index is 0.639. The van der Waals surface area contributed by atoms with E-state index in [-0.39, 0.29) is 0 Å². The first-order chi connectivity index (χ1) is 6.18. The van der Waals surface area contributed by atoms with E-state index in [1.54, 1.807) is 6.20 Å². The molecule has 0 saturated carbocycles. The zero-order valence-electron chi connectivity index (χ0n) is 7.21. The van der Waals surface area contributed by atoms with Crippen LogP contribution >= 0.6 is 11.6 Å². The van der Waals surface area contributed by atoms with Gasteiger partial charge in [0.05, 0.1) is 22.4 Å². The van der Waals surface area contributed by atoms with E-state index >= 15 is 0 Å². The van der Waals surface area contributed by atoms with Gasteiger partial charge in [0.25, 0.3) is 0 Å². The molecule has 0 bridgehead atoms. The zero-order chi connectivity index (χ0) is 9.42. The van der Waals surface area contributed by atoms with E-state index in [1.807, 2.05) is 25.1 Å². The molecule has 1 heterocycles. The van der Waals surface area contributed by atoms with E-state index < -0.39 is 0 Å². The molecule has 0 aliphatic carbocycles. The number of aromatic nitrogens is 1. The number of rotatable bonds is 0. The maximum atomic E-state index is 6.01. The fourth-order valence-corrected chi connectivity index (χ4v) is 1.55. The number of nitrogens with zero attached hydrogens (tertiary/aromatic N) is 1. The highest BCUT2D eigenvalue weighted by Crippen LogP contribution is 2.25. The number of hydrogen-bond acceptors (Lipinski definition) is 2. The number of halogens is 1. The van der Waals surface area contributed by atoms with Crippen LogP contribution in [0.2, 0.25) is 5.02 Å². The summed E-state index contributed by atoms with van der Waals surface area (Å²) in [5.74, 6) is 0. The van der Waals surface area contributed by atoms with Crippen LogP contribution in [0.1, 0.15) is 5.56 Å². The number of pyridine rings is 1. The van der Waals surface area contributed by atoms with Crippen molar-refractivity contribution in [2.75, 3.05) is 5.73 Å². The Labute approximate surface area is 81.3 Å². The molecule has 0 aliphatic rings. The minimum Gasteiger partial charge on any atom is -0.397 e. The van der Waals surface area contributed by atoms with Gasteiger partial charge in [-0.2, -0.15) is 0 Å². The lowest BCUT2D eigenvalue weighted by atomic mass is 10.1. The Kier molecular flexibility index (Phi) is 1.85. The summed E-state index contributed by atoms with van der Waals surface area (Å²) >= 11 is 6.01. The predicted molar refractivity (Wildman–Crippen MR) is 55.9 cm³/mol. The lowest BCUT2D eigenvalue weighted by Crippen LogP contribution is -1.89. The van der Waals surface area contributed by atoms with Crippen molar-refractivity contribution in [3.8, 4) is 0 Å². The first-order valence-corrected chi connectivity index (χ1v) is 4.36. The van der Waals surface area contributed by atoms with Crippen molar-refractivity contribution in [1.82, 2.24) is 4.98 Å². The molecular weight excluding hydrogens is 184 g/mol. The molecule has 3 heteroatoms. The first kappa shape index (κ1) is 8.32. The van der Waals surface area contributed by atoms with Gasteiger partial charge in [-0.25, -0.2) is 0 Å². The van der Waals surface area contributed by atoms with E-state index in [0.29, 0.717) is 10.7 Å². The van der Waals surface area contributed by atoms with Crippen LogP contribution in [0.3, 0.4) is 0 Å². The number of benzene rings is 1. The number of fused-ring (bicyclic) bond motifs is 1. The number of nitrogen functional groups attached to an aromatic ring is 1. The highest BCUT2D eigenvalue weighted by molar-refractivity contribution is 6.35. The maximum absolute atomic E-state index is 6.01. The largest absolute Gasteiger partial charge is 0.397 e. The maximum Gasteiger partial charge on any atom is 0.0747 e. The van der Waals surface area contributed by atoms with E-state index in [2.05, 4.69) is 4.98 Å². The Balaban J connectivity index is 2.92. The van der Waals surface area contributed by atoms with Crippen LogP contribution in [-0.4, -0.2) is 4.98 Å². The molecular formula is C10H9ClN2. The van der Waals surface area contributed by atoms with Crippen LogP contribution in [0.5, 0.6) is 0 Å². The van der Waals surface area contributed by atoms with Crippen LogP contribution < -0.4 is 5.73 Å². The minimum absolute atomic E-state index is 0.639. The fourth-order valence-electron chi connectivity index (χ4n) is 1.34. The van der Waals surface area contributed by atoms with Gasteiger partial charge in [-0.1, -0.05) is 17.7 Å². The number of nitrogens with two attached hydrogens (primary N) is 1. The summed E-state index contributed by atoms with van der Waals surface area (Å²) in [5, 5.41) is 1.61. The summed E-state index contributed by atoms with van der Waals surface area (Å²) < 4.78 is 0. The predicted octanol–water partition coefficient (Wildman–Crippen LogP) is 2.78. The average Bonchev–Trinajstić information content (AvgIpc) is 2.12. The molecule has 2 nitrogen and oxygen atoms in total. The molecule has 0 unspecified atom stereocenters. The Morgan fingerprint density at radius 1 is 1.38 bits per heavy atom. The molecule has 1 aromatic heterocycles. The molecule has 1 aromatic carbocycles. The Bertz CT molecular complexity index is 466. The fraction of sp³-hybridized carbons (Fsp3) is 0.100. The van der Waals surface area contributed by atoms with Crippen LogP contribution in [0, 0.1) is 6.92 Å². The zero-order valence-corrected chi connectivity index (χ0v) is 7.97. The van der Waals surface area contributed by atoms with Crippen molar-refractivity contribution in [2.24, 2.45) is 0 Å². The summed E-state index contributed by atoms with van der Waals surface area (Å²) in [5.41, 5.74) is 8.29. The molecule has 0 radical (unpaired) electrons. The van der Waals surface area contributed by atoms with Crippen molar-refractivity contribution in [3.63, 3.8) is 0 Å². The van der Waals surface area contributed by atoms with E-state index in [9.17, 15) is 0 Å². The molecule has 2 aromatic rings. The Morgan fingerprint density at radius 3 is 2.92 bits per heavy atom. The van der Waals surface area contributed by atoms with Gasteiger partial charge in [-0.3, -0.25) is 4.98 Å². The Morgan fingerprint density at radius 2 is 2.15 bits per heavy atom. The topological polar surface area (TPSA) is 38.9 Å². The van der Waals surface area contributed by atoms with Gasteiger partial charge in [-0.15, -0.1) is 0 Å². The van der Waals surface area contributed by atoms with Gasteiger partial charge in [0.1, 0.15) is 0 Å². The summed E-state index contributed by atoms with van der Waals surface area (Å²) in [6.07, 6.45) is 1.64. The molecule has 0 atom stereocenters. The van der Waals surface area contributed by atoms with Gasteiger partial charge < -0.3 is 5.73 Å². The molecule has 0 amide bonds. The lowest BCUT2D eigenvalue weighted by molar-refractivity contribution is 1.37. The van der Waals surface area contributed by atoms with Crippen molar-refractivity contribution < 1.29 is 0 Å². The monoisotopic (exact) mass is 192 g/mol. The van der Waals surface area contributed by atoms with Crippen molar-refractivity contribution in [3.05, 3.63) is 35.0 Å². The summed E-state index contributed by atoms with van der Waals surface area (Å²) in [6.45, 7) is 2.00. The van der Waals surface area contributed by atoms with Crippen molar-refractivity contribution in [1.29, 1.82) is 0 Å². The van der Waals surface area contributed by atoms with Gasteiger partial charge in [0, 0.05) is 5.39 Å².